The van der Waals surface area contributed by atoms with Gasteiger partial charge in [-0.05, 0) is 24.8 Å². The highest BCUT2D eigenvalue weighted by molar-refractivity contribution is 8.14. The number of rotatable bonds is 3. The van der Waals surface area contributed by atoms with Gasteiger partial charge >= 0.3 is 0 Å². The number of hydrogen-bond acceptors (Lipinski definition) is 6. The van der Waals surface area contributed by atoms with Gasteiger partial charge in [-0.25, -0.2) is 5.01 Å². The molecule has 0 fully saturated rings. The van der Waals surface area contributed by atoms with Crippen molar-refractivity contribution < 1.29 is 9.59 Å². The SMILES string of the molecule is CCSC1=NN(CC)C(=C2C(=O)c3ccccc3C2=O)N1c1ccccc1. The van der Waals surface area contributed by atoms with Crippen LogP contribution < -0.4 is 4.90 Å². The van der Waals surface area contributed by atoms with E-state index in [2.05, 4.69) is 12.0 Å². The monoisotopic (exact) mass is 377 g/mol. The van der Waals surface area contributed by atoms with E-state index < -0.39 is 0 Å². The quantitative estimate of drug-likeness (QED) is 0.594. The van der Waals surface area contributed by atoms with Crippen molar-refractivity contribution in [1.82, 2.24) is 5.01 Å². The molecule has 1 heterocycles. The standard InChI is InChI=1S/C21H19N3O2S/c1-3-23-20(17-18(25)15-12-8-9-13-16(15)19(17)26)24(21(22-23)27-4-2)14-10-6-5-7-11-14/h5-13H,3-4H2,1-2H3. The molecule has 6 heteroatoms. The molecule has 2 aliphatic rings. The summed E-state index contributed by atoms with van der Waals surface area (Å²) in [6.07, 6.45) is 0. The lowest BCUT2D eigenvalue weighted by Crippen LogP contribution is -2.31. The highest BCUT2D eigenvalue weighted by atomic mass is 32.2. The molecule has 0 amide bonds. The Hall–Kier alpha value is -2.86. The number of fused-ring (bicyclic) bond motifs is 1. The summed E-state index contributed by atoms with van der Waals surface area (Å²) >= 11 is 1.59. The maximum atomic E-state index is 13.1. The summed E-state index contributed by atoms with van der Waals surface area (Å²) in [5, 5.41) is 7.21. The van der Waals surface area contributed by atoms with Crippen molar-refractivity contribution in [2.24, 2.45) is 5.10 Å². The van der Waals surface area contributed by atoms with E-state index in [1.807, 2.05) is 42.2 Å². The van der Waals surface area contributed by atoms with Crippen LogP contribution in [0.25, 0.3) is 0 Å². The molecule has 0 bridgehead atoms. The molecule has 0 N–H and O–H groups in total. The Morgan fingerprint density at radius 2 is 1.48 bits per heavy atom. The van der Waals surface area contributed by atoms with Crippen LogP contribution in [-0.2, 0) is 0 Å². The highest BCUT2D eigenvalue weighted by Crippen LogP contribution is 2.37. The van der Waals surface area contributed by atoms with Crippen molar-refractivity contribution in [3.05, 3.63) is 77.1 Å². The minimum atomic E-state index is -0.233. The van der Waals surface area contributed by atoms with Crippen LogP contribution in [0.5, 0.6) is 0 Å². The molecule has 0 unspecified atom stereocenters. The van der Waals surface area contributed by atoms with Crippen LogP contribution in [0.1, 0.15) is 34.6 Å². The van der Waals surface area contributed by atoms with E-state index in [1.54, 1.807) is 41.0 Å². The van der Waals surface area contributed by atoms with Gasteiger partial charge < -0.3 is 0 Å². The van der Waals surface area contributed by atoms with E-state index >= 15 is 0 Å². The molecular formula is C21H19N3O2S. The first-order valence-corrected chi connectivity index (χ1v) is 9.92. The molecule has 4 rings (SSSR count). The van der Waals surface area contributed by atoms with Crippen LogP contribution in [0.3, 0.4) is 0 Å². The summed E-state index contributed by atoms with van der Waals surface area (Å²) in [5.41, 5.74) is 2.00. The lowest BCUT2D eigenvalue weighted by atomic mass is 10.1. The summed E-state index contributed by atoms with van der Waals surface area (Å²) < 4.78 is 0. The van der Waals surface area contributed by atoms with Gasteiger partial charge in [-0.15, -0.1) is 5.10 Å². The fourth-order valence-corrected chi connectivity index (χ4v) is 4.09. The number of thioether (sulfide) groups is 1. The Labute approximate surface area is 162 Å². The lowest BCUT2D eigenvalue weighted by molar-refractivity contribution is 0.0982. The van der Waals surface area contributed by atoms with E-state index in [-0.39, 0.29) is 17.1 Å². The number of ketones is 2. The number of anilines is 1. The summed E-state index contributed by atoms with van der Waals surface area (Å²) in [5.74, 6) is 0.918. The molecule has 136 valence electrons. The van der Waals surface area contributed by atoms with Crippen molar-refractivity contribution in [2.75, 3.05) is 17.2 Å². The number of carbonyl (C=O) groups excluding carboxylic acids is 2. The molecule has 0 radical (unpaired) electrons. The molecule has 0 spiro atoms. The van der Waals surface area contributed by atoms with Crippen LogP contribution >= 0.6 is 11.8 Å². The molecule has 0 atom stereocenters. The number of nitrogens with zero attached hydrogens (tertiary/aromatic N) is 3. The molecule has 27 heavy (non-hydrogen) atoms. The van der Waals surface area contributed by atoms with Crippen LogP contribution in [0.4, 0.5) is 5.69 Å². The van der Waals surface area contributed by atoms with Gasteiger partial charge in [0.15, 0.2) is 11.0 Å². The third kappa shape index (κ3) is 2.77. The summed E-state index contributed by atoms with van der Waals surface area (Å²) in [6.45, 7) is 4.58. The molecule has 1 aliphatic heterocycles. The first kappa shape index (κ1) is 17.5. The van der Waals surface area contributed by atoms with Crippen molar-refractivity contribution >= 4 is 34.2 Å². The number of para-hydroxylation sites is 1. The van der Waals surface area contributed by atoms with Gasteiger partial charge in [-0.2, -0.15) is 0 Å². The van der Waals surface area contributed by atoms with Gasteiger partial charge in [-0.1, -0.05) is 61.2 Å². The van der Waals surface area contributed by atoms with Crippen LogP contribution in [0.15, 0.2) is 71.1 Å². The molecule has 0 saturated carbocycles. The van der Waals surface area contributed by atoms with Crippen LogP contribution in [-0.4, -0.2) is 34.0 Å². The Morgan fingerprint density at radius 3 is 2.04 bits per heavy atom. The highest BCUT2D eigenvalue weighted by Gasteiger charge is 2.42. The second-order valence-corrected chi connectivity index (χ2v) is 7.34. The van der Waals surface area contributed by atoms with Crippen molar-refractivity contribution in [3.8, 4) is 0 Å². The van der Waals surface area contributed by atoms with Gasteiger partial charge in [0.2, 0.25) is 11.6 Å². The van der Waals surface area contributed by atoms with Crippen molar-refractivity contribution in [3.63, 3.8) is 0 Å². The number of allylic oxidation sites excluding steroid dienone is 1. The van der Waals surface area contributed by atoms with Gasteiger partial charge in [0.25, 0.3) is 0 Å². The largest absolute Gasteiger partial charge is 0.288 e. The molecular weight excluding hydrogens is 358 g/mol. The number of hydrogen-bond donors (Lipinski definition) is 0. The van der Waals surface area contributed by atoms with E-state index in [1.165, 1.54) is 0 Å². The Balaban J connectivity index is 1.93. The van der Waals surface area contributed by atoms with E-state index in [4.69, 9.17) is 0 Å². The summed E-state index contributed by atoms with van der Waals surface area (Å²) in [6, 6.07) is 16.7. The number of Topliss-reactive ketones (excluding diaryl/α,β-unsaturated/α-hetero) is 2. The van der Waals surface area contributed by atoms with Gasteiger partial charge in [0, 0.05) is 23.4 Å². The first-order chi connectivity index (χ1) is 13.2. The normalized spacial score (nSPS) is 16.3. The molecule has 1 aliphatic carbocycles. The third-order valence-corrected chi connectivity index (χ3v) is 5.35. The van der Waals surface area contributed by atoms with Gasteiger partial charge in [0.05, 0.1) is 0 Å². The number of hydrazone groups is 1. The topological polar surface area (TPSA) is 53.0 Å². The molecule has 5 nitrogen and oxygen atoms in total. The fourth-order valence-electron chi connectivity index (χ4n) is 3.35. The second-order valence-electron chi connectivity index (χ2n) is 6.10. The van der Waals surface area contributed by atoms with Crippen molar-refractivity contribution in [2.45, 2.75) is 13.8 Å². The minimum absolute atomic E-state index is 0.192. The van der Waals surface area contributed by atoms with E-state index in [0.29, 0.717) is 23.5 Å². The zero-order valence-electron chi connectivity index (χ0n) is 15.2. The first-order valence-electron chi connectivity index (χ1n) is 8.94. The summed E-state index contributed by atoms with van der Waals surface area (Å²) in [4.78, 5) is 28.1. The lowest BCUT2D eigenvalue weighted by Gasteiger charge is -2.25. The smallest absolute Gasteiger partial charge is 0.201 e. The molecule has 0 aromatic heterocycles. The van der Waals surface area contributed by atoms with Crippen LogP contribution in [0.2, 0.25) is 0 Å². The maximum Gasteiger partial charge on any atom is 0.201 e. The zero-order valence-corrected chi connectivity index (χ0v) is 16.0. The molecule has 2 aromatic carbocycles. The Bertz CT molecular complexity index is 945. The third-order valence-electron chi connectivity index (χ3n) is 4.54. The van der Waals surface area contributed by atoms with Gasteiger partial charge in [0.1, 0.15) is 5.57 Å². The Morgan fingerprint density at radius 1 is 0.889 bits per heavy atom. The minimum Gasteiger partial charge on any atom is -0.288 e. The summed E-state index contributed by atoms with van der Waals surface area (Å²) in [7, 11) is 0. The maximum absolute atomic E-state index is 13.1. The number of amidine groups is 1. The van der Waals surface area contributed by atoms with Crippen molar-refractivity contribution in [1.29, 1.82) is 0 Å². The zero-order chi connectivity index (χ0) is 19.0. The Kier molecular flexibility index (Phi) is 4.58. The molecule has 0 saturated heterocycles. The molecule has 2 aromatic rings. The predicted molar refractivity (Wildman–Crippen MR) is 109 cm³/mol. The van der Waals surface area contributed by atoms with Crippen LogP contribution in [0, 0.1) is 0 Å². The number of benzene rings is 2. The average molecular weight is 377 g/mol. The average Bonchev–Trinajstić information content (AvgIpc) is 3.18. The van der Waals surface area contributed by atoms with E-state index in [9.17, 15) is 9.59 Å². The van der Waals surface area contributed by atoms with E-state index in [0.717, 1.165) is 16.6 Å². The fraction of sp³-hybridized carbons (Fsp3) is 0.190. The predicted octanol–water partition coefficient (Wildman–Crippen LogP) is 4.14. The second kappa shape index (κ2) is 7.04. The van der Waals surface area contributed by atoms with Gasteiger partial charge in [-0.3, -0.25) is 14.5 Å². The number of carbonyl (C=O) groups is 2.